The molecule has 4 aliphatic rings. The molecule has 0 aromatic heterocycles. The molecule has 4 fully saturated rings. The molecule has 25 heavy (non-hydrogen) atoms. The molecule has 4 saturated carbocycles. The van der Waals surface area contributed by atoms with Crippen LogP contribution in [0.1, 0.15) is 59.8 Å². The summed E-state index contributed by atoms with van der Waals surface area (Å²) >= 11 is 0. The molecule has 0 aromatic carbocycles. The minimum Gasteiger partial charge on any atom is -0.375 e. The van der Waals surface area contributed by atoms with E-state index in [1.165, 1.54) is 37.8 Å². The highest BCUT2D eigenvalue weighted by Gasteiger charge is 2.50. The highest BCUT2D eigenvalue weighted by Crippen LogP contribution is 2.60. The second-order valence-corrected chi connectivity index (χ2v) is 9.91. The molecule has 0 spiro atoms. The van der Waals surface area contributed by atoms with E-state index >= 15 is 0 Å². The van der Waals surface area contributed by atoms with E-state index in [0.29, 0.717) is 19.1 Å². The largest absolute Gasteiger partial charge is 0.375 e. The molecule has 4 rings (SSSR count). The number of hydrogen-bond acceptors (Lipinski definition) is 4. The standard InChI is InChI=1S/C20H36NO3P/c1-5-21(6-2)19(14-25(22,23-7-3)24-8-4)20-17-10-15-9-16(12-17)13-18(20)11-15/h14-18,20H,5-13H2,1-4H3. The van der Waals surface area contributed by atoms with Crippen LogP contribution < -0.4 is 0 Å². The van der Waals surface area contributed by atoms with Crippen LogP contribution in [0.15, 0.2) is 11.5 Å². The first-order valence-corrected chi connectivity index (χ1v) is 12.0. The summed E-state index contributed by atoms with van der Waals surface area (Å²) in [4.78, 5) is 2.40. The van der Waals surface area contributed by atoms with Gasteiger partial charge in [0, 0.05) is 30.5 Å². The topological polar surface area (TPSA) is 38.8 Å². The molecule has 4 nitrogen and oxygen atoms in total. The van der Waals surface area contributed by atoms with Crippen molar-refractivity contribution in [1.29, 1.82) is 0 Å². The summed E-state index contributed by atoms with van der Waals surface area (Å²) in [5.41, 5.74) is 1.25. The lowest BCUT2D eigenvalue weighted by molar-refractivity contribution is -0.0304. The fourth-order valence-electron chi connectivity index (χ4n) is 6.01. The Balaban J connectivity index is 1.94. The molecule has 0 unspecified atom stereocenters. The molecular weight excluding hydrogens is 333 g/mol. The van der Waals surface area contributed by atoms with Crippen molar-refractivity contribution < 1.29 is 13.6 Å². The average Bonchev–Trinajstić information content (AvgIpc) is 2.55. The fourth-order valence-corrected chi connectivity index (χ4v) is 7.61. The van der Waals surface area contributed by atoms with Gasteiger partial charge < -0.3 is 13.9 Å². The zero-order chi connectivity index (χ0) is 18.0. The van der Waals surface area contributed by atoms with Gasteiger partial charge in [-0.15, -0.1) is 0 Å². The minimum atomic E-state index is -3.17. The predicted molar refractivity (Wildman–Crippen MR) is 102 cm³/mol. The third-order valence-electron chi connectivity index (χ3n) is 6.61. The van der Waals surface area contributed by atoms with E-state index in [9.17, 15) is 4.57 Å². The lowest BCUT2D eigenvalue weighted by atomic mass is 9.51. The van der Waals surface area contributed by atoms with E-state index in [1.807, 2.05) is 19.7 Å². The van der Waals surface area contributed by atoms with Crippen LogP contribution in [0, 0.1) is 29.6 Å². The van der Waals surface area contributed by atoms with Crippen molar-refractivity contribution in [1.82, 2.24) is 4.90 Å². The maximum absolute atomic E-state index is 13.2. The quantitative estimate of drug-likeness (QED) is 0.503. The molecule has 4 aliphatic carbocycles. The van der Waals surface area contributed by atoms with Crippen LogP contribution in [-0.4, -0.2) is 31.2 Å². The Hall–Kier alpha value is -0.310. The maximum Gasteiger partial charge on any atom is 0.355 e. The van der Waals surface area contributed by atoms with Gasteiger partial charge in [0.2, 0.25) is 0 Å². The highest BCUT2D eigenvalue weighted by molar-refractivity contribution is 7.57. The van der Waals surface area contributed by atoms with Crippen molar-refractivity contribution in [2.75, 3.05) is 26.3 Å². The summed E-state index contributed by atoms with van der Waals surface area (Å²) in [6.45, 7) is 10.9. The summed E-state index contributed by atoms with van der Waals surface area (Å²) < 4.78 is 24.5. The van der Waals surface area contributed by atoms with Crippen LogP contribution in [0.25, 0.3) is 0 Å². The third-order valence-corrected chi connectivity index (χ3v) is 8.42. The van der Waals surface area contributed by atoms with Gasteiger partial charge in [0.15, 0.2) is 0 Å². The first-order valence-electron chi connectivity index (χ1n) is 10.4. The van der Waals surface area contributed by atoms with Gasteiger partial charge in [0.25, 0.3) is 0 Å². The summed E-state index contributed by atoms with van der Waals surface area (Å²) in [6.07, 6.45) is 6.92. The smallest absolute Gasteiger partial charge is 0.355 e. The second-order valence-electron chi connectivity index (χ2n) is 8.06. The van der Waals surface area contributed by atoms with E-state index in [1.54, 1.807) is 0 Å². The van der Waals surface area contributed by atoms with Crippen LogP contribution >= 0.6 is 7.60 Å². The molecule has 5 heteroatoms. The zero-order valence-electron chi connectivity index (χ0n) is 16.4. The van der Waals surface area contributed by atoms with E-state index in [4.69, 9.17) is 9.05 Å². The van der Waals surface area contributed by atoms with Gasteiger partial charge in [-0.25, -0.2) is 0 Å². The first kappa shape index (κ1) is 19.5. The van der Waals surface area contributed by atoms with Gasteiger partial charge in [0.05, 0.1) is 13.2 Å². The summed E-state index contributed by atoms with van der Waals surface area (Å²) in [7, 11) is -3.17. The molecule has 0 aromatic rings. The molecule has 4 bridgehead atoms. The van der Waals surface area contributed by atoms with Crippen LogP contribution in [0.2, 0.25) is 0 Å². The van der Waals surface area contributed by atoms with Gasteiger partial charge in [-0.3, -0.25) is 4.57 Å². The van der Waals surface area contributed by atoms with Crippen molar-refractivity contribution in [2.45, 2.75) is 59.8 Å². The molecule has 0 atom stereocenters. The predicted octanol–water partition coefficient (Wildman–Crippen LogP) is 5.51. The Bertz CT molecular complexity index is 491. The summed E-state index contributed by atoms with van der Waals surface area (Å²) in [5, 5.41) is 0. The Morgan fingerprint density at radius 1 is 0.920 bits per heavy atom. The number of allylic oxidation sites excluding steroid dienone is 1. The van der Waals surface area contributed by atoms with Crippen LogP contribution in [-0.2, 0) is 13.6 Å². The second kappa shape index (κ2) is 8.15. The fraction of sp³-hybridized carbons (Fsp3) is 0.900. The minimum absolute atomic E-state index is 0.418. The average molecular weight is 369 g/mol. The molecule has 144 valence electrons. The highest BCUT2D eigenvalue weighted by atomic mass is 31.2. The molecule has 0 heterocycles. The van der Waals surface area contributed by atoms with Crippen molar-refractivity contribution in [3.05, 3.63) is 11.5 Å². The van der Waals surface area contributed by atoms with Gasteiger partial charge in [0.1, 0.15) is 0 Å². The van der Waals surface area contributed by atoms with Crippen molar-refractivity contribution in [3.63, 3.8) is 0 Å². The molecule has 0 amide bonds. The van der Waals surface area contributed by atoms with Crippen LogP contribution in [0.3, 0.4) is 0 Å². The Kier molecular flexibility index (Phi) is 6.34. The Morgan fingerprint density at radius 2 is 1.40 bits per heavy atom. The van der Waals surface area contributed by atoms with E-state index in [0.717, 1.165) is 36.8 Å². The summed E-state index contributed by atoms with van der Waals surface area (Å²) in [5.74, 6) is 5.87. The molecule has 0 radical (unpaired) electrons. The normalized spacial score (nSPS) is 34.6. The van der Waals surface area contributed by atoms with E-state index < -0.39 is 7.60 Å². The number of hydrogen-bond donors (Lipinski definition) is 0. The van der Waals surface area contributed by atoms with Crippen LogP contribution in [0.4, 0.5) is 0 Å². The maximum atomic E-state index is 13.2. The number of nitrogens with zero attached hydrogens (tertiary/aromatic N) is 1. The monoisotopic (exact) mass is 369 g/mol. The lowest BCUT2D eigenvalue weighted by Gasteiger charge is -2.56. The first-order chi connectivity index (χ1) is 12.0. The van der Waals surface area contributed by atoms with E-state index in [2.05, 4.69) is 18.7 Å². The van der Waals surface area contributed by atoms with Crippen molar-refractivity contribution in [3.8, 4) is 0 Å². The molecule has 0 saturated heterocycles. The Morgan fingerprint density at radius 3 is 1.80 bits per heavy atom. The van der Waals surface area contributed by atoms with E-state index in [-0.39, 0.29) is 0 Å². The lowest BCUT2D eigenvalue weighted by Crippen LogP contribution is -2.48. The molecular formula is C20H36NO3P. The number of rotatable bonds is 9. The van der Waals surface area contributed by atoms with Gasteiger partial charge in [-0.05, 0) is 83.5 Å². The Labute approximate surface area is 153 Å². The van der Waals surface area contributed by atoms with Crippen molar-refractivity contribution in [2.24, 2.45) is 29.6 Å². The van der Waals surface area contributed by atoms with Gasteiger partial charge in [-0.2, -0.15) is 0 Å². The SMILES string of the molecule is CCOP(=O)(C=C(C1C2CC3CC(C2)CC1C3)N(CC)CC)OCC. The van der Waals surface area contributed by atoms with Crippen molar-refractivity contribution >= 4 is 7.60 Å². The van der Waals surface area contributed by atoms with Gasteiger partial charge in [-0.1, -0.05) is 0 Å². The third kappa shape index (κ3) is 4.01. The van der Waals surface area contributed by atoms with Crippen LogP contribution in [0.5, 0.6) is 0 Å². The molecule has 0 N–H and O–H groups in total. The van der Waals surface area contributed by atoms with Gasteiger partial charge >= 0.3 is 7.60 Å². The zero-order valence-corrected chi connectivity index (χ0v) is 17.3. The summed E-state index contributed by atoms with van der Waals surface area (Å²) in [6, 6.07) is 0. The molecule has 0 aliphatic heterocycles.